The van der Waals surface area contributed by atoms with Gasteiger partial charge in [-0.1, -0.05) is 53.6 Å². The predicted molar refractivity (Wildman–Crippen MR) is 71.8 cm³/mol. The molecule has 2 aromatic rings. The smallest absolute Gasteiger partial charge is 0.339 e. The number of aryl methyl sites for hydroxylation is 1. The Balaban J connectivity index is 2.01. The molecule has 0 N–H and O–H groups in total. The normalized spacial score (nSPS) is 10.1. The van der Waals surface area contributed by atoms with E-state index >= 15 is 0 Å². The van der Waals surface area contributed by atoms with Crippen molar-refractivity contribution in [3.63, 3.8) is 0 Å². The Morgan fingerprint density at radius 1 is 1.11 bits per heavy atom. The van der Waals surface area contributed by atoms with Crippen LogP contribution in [0.5, 0.6) is 0 Å². The standard InChI is InChI=1S/C15H13ClO2/c1-11-6-8-12(9-7-11)10-18-15(17)13-4-2-3-5-14(13)16/h2-9H,10H2,1H3. The number of carbonyl (C=O) groups is 1. The molecule has 0 unspecified atom stereocenters. The molecule has 18 heavy (non-hydrogen) atoms. The topological polar surface area (TPSA) is 26.3 Å². The number of hydrogen-bond acceptors (Lipinski definition) is 2. The molecule has 0 amide bonds. The van der Waals surface area contributed by atoms with Crippen LogP contribution >= 0.6 is 11.6 Å². The Bertz CT molecular complexity index is 547. The van der Waals surface area contributed by atoms with Gasteiger partial charge in [0.05, 0.1) is 10.6 Å². The van der Waals surface area contributed by atoms with Gasteiger partial charge in [-0.25, -0.2) is 4.79 Å². The molecule has 3 heteroatoms. The summed E-state index contributed by atoms with van der Waals surface area (Å²) in [6, 6.07) is 14.7. The van der Waals surface area contributed by atoms with E-state index in [9.17, 15) is 4.79 Å². The molecule has 2 rings (SSSR count). The fourth-order valence-electron chi connectivity index (χ4n) is 1.54. The van der Waals surface area contributed by atoms with Gasteiger partial charge in [0.25, 0.3) is 0 Å². The van der Waals surface area contributed by atoms with Crippen LogP contribution in [0.25, 0.3) is 0 Å². The van der Waals surface area contributed by atoms with E-state index in [1.807, 2.05) is 31.2 Å². The highest BCUT2D eigenvalue weighted by Crippen LogP contribution is 2.16. The predicted octanol–water partition coefficient (Wildman–Crippen LogP) is 4.01. The van der Waals surface area contributed by atoms with Crippen molar-refractivity contribution in [3.05, 3.63) is 70.2 Å². The zero-order valence-electron chi connectivity index (χ0n) is 10.0. The lowest BCUT2D eigenvalue weighted by Gasteiger charge is -2.06. The molecular formula is C15H13ClO2. The minimum absolute atomic E-state index is 0.254. The van der Waals surface area contributed by atoms with Gasteiger partial charge in [0.2, 0.25) is 0 Å². The van der Waals surface area contributed by atoms with Crippen molar-refractivity contribution in [2.75, 3.05) is 0 Å². The Kier molecular flexibility index (Phi) is 4.00. The first-order chi connectivity index (χ1) is 8.66. The summed E-state index contributed by atoms with van der Waals surface area (Å²) in [5, 5.41) is 0.409. The summed E-state index contributed by atoms with van der Waals surface area (Å²) >= 11 is 5.92. The quantitative estimate of drug-likeness (QED) is 0.780. The first-order valence-electron chi connectivity index (χ1n) is 5.64. The molecule has 0 spiro atoms. The number of rotatable bonds is 3. The van der Waals surface area contributed by atoms with E-state index in [4.69, 9.17) is 16.3 Å². The minimum atomic E-state index is -0.402. The van der Waals surface area contributed by atoms with Crippen LogP contribution < -0.4 is 0 Å². The first-order valence-corrected chi connectivity index (χ1v) is 6.02. The average Bonchev–Trinajstić information content (AvgIpc) is 2.38. The fraction of sp³-hybridized carbons (Fsp3) is 0.133. The molecule has 0 fully saturated rings. The Morgan fingerprint density at radius 2 is 1.78 bits per heavy atom. The molecule has 0 aliphatic carbocycles. The van der Waals surface area contributed by atoms with E-state index in [1.54, 1.807) is 24.3 Å². The molecule has 0 saturated carbocycles. The van der Waals surface area contributed by atoms with Crippen molar-refractivity contribution in [3.8, 4) is 0 Å². The molecule has 92 valence electrons. The maximum Gasteiger partial charge on any atom is 0.339 e. The van der Waals surface area contributed by atoms with Crippen molar-refractivity contribution in [1.29, 1.82) is 0 Å². The number of carbonyl (C=O) groups excluding carboxylic acids is 1. The molecule has 0 radical (unpaired) electrons. The van der Waals surface area contributed by atoms with Crippen LogP contribution in [0, 0.1) is 6.92 Å². The van der Waals surface area contributed by atoms with Gasteiger partial charge >= 0.3 is 5.97 Å². The summed E-state index contributed by atoms with van der Waals surface area (Å²) in [5.74, 6) is -0.402. The molecule has 2 aromatic carbocycles. The van der Waals surface area contributed by atoms with E-state index in [2.05, 4.69) is 0 Å². The van der Waals surface area contributed by atoms with Crippen LogP contribution in [0.2, 0.25) is 5.02 Å². The van der Waals surface area contributed by atoms with E-state index < -0.39 is 5.97 Å². The lowest BCUT2D eigenvalue weighted by Crippen LogP contribution is -2.05. The van der Waals surface area contributed by atoms with Crippen LogP contribution in [-0.2, 0) is 11.3 Å². The average molecular weight is 261 g/mol. The molecule has 0 heterocycles. The largest absolute Gasteiger partial charge is 0.457 e. The molecule has 0 aliphatic rings. The van der Waals surface area contributed by atoms with Crippen LogP contribution in [0.3, 0.4) is 0 Å². The maximum absolute atomic E-state index is 11.8. The monoisotopic (exact) mass is 260 g/mol. The van der Waals surface area contributed by atoms with Gasteiger partial charge in [-0.05, 0) is 24.6 Å². The molecule has 0 bridgehead atoms. The number of benzene rings is 2. The van der Waals surface area contributed by atoms with Crippen LogP contribution in [0.15, 0.2) is 48.5 Å². The molecule has 0 aliphatic heterocycles. The highest BCUT2D eigenvalue weighted by Gasteiger charge is 2.10. The summed E-state index contributed by atoms with van der Waals surface area (Å²) in [4.78, 5) is 11.8. The van der Waals surface area contributed by atoms with Crippen LogP contribution in [-0.4, -0.2) is 5.97 Å². The number of halogens is 1. The molecule has 0 atom stereocenters. The molecule has 2 nitrogen and oxygen atoms in total. The van der Waals surface area contributed by atoms with Gasteiger partial charge in [-0.3, -0.25) is 0 Å². The summed E-state index contributed by atoms with van der Waals surface area (Å²) in [7, 11) is 0. The lowest BCUT2D eigenvalue weighted by atomic mass is 10.2. The number of esters is 1. The van der Waals surface area contributed by atoms with Gasteiger partial charge in [-0.15, -0.1) is 0 Å². The van der Waals surface area contributed by atoms with Crippen molar-refractivity contribution >= 4 is 17.6 Å². The van der Waals surface area contributed by atoms with Crippen molar-refractivity contribution in [1.82, 2.24) is 0 Å². The molecule has 0 saturated heterocycles. The van der Waals surface area contributed by atoms with E-state index in [0.717, 1.165) is 5.56 Å². The third-order valence-corrected chi connectivity index (χ3v) is 2.91. The Hall–Kier alpha value is -1.80. The van der Waals surface area contributed by atoms with Crippen molar-refractivity contribution in [2.24, 2.45) is 0 Å². The summed E-state index contributed by atoms with van der Waals surface area (Å²) in [5.41, 5.74) is 2.53. The van der Waals surface area contributed by atoms with Gasteiger partial charge < -0.3 is 4.74 Å². The van der Waals surface area contributed by atoms with Crippen molar-refractivity contribution < 1.29 is 9.53 Å². The summed E-state index contributed by atoms with van der Waals surface area (Å²) < 4.78 is 5.21. The lowest BCUT2D eigenvalue weighted by molar-refractivity contribution is 0.0473. The Labute approximate surface area is 111 Å². The van der Waals surface area contributed by atoms with Gasteiger partial charge in [-0.2, -0.15) is 0 Å². The van der Waals surface area contributed by atoms with Crippen molar-refractivity contribution in [2.45, 2.75) is 13.5 Å². The Morgan fingerprint density at radius 3 is 2.44 bits per heavy atom. The third-order valence-electron chi connectivity index (χ3n) is 2.58. The summed E-state index contributed by atoms with van der Waals surface area (Å²) in [6.45, 7) is 2.27. The second-order valence-electron chi connectivity index (χ2n) is 4.04. The highest BCUT2D eigenvalue weighted by molar-refractivity contribution is 6.33. The van der Waals surface area contributed by atoms with E-state index in [1.165, 1.54) is 5.56 Å². The zero-order chi connectivity index (χ0) is 13.0. The first kappa shape index (κ1) is 12.7. The highest BCUT2D eigenvalue weighted by atomic mass is 35.5. The van der Waals surface area contributed by atoms with Crippen LogP contribution in [0.1, 0.15) is 21.5 Å². The van der Waals surface area contributed by atoms with Gasteiger partial charge in [0, 0.05) is 0 Å². The third kappa shape index (κ3) is 3.11. The van der Waals surface area contributed by atoms with Crippen LogP contribution in [0.4, 0.5) is 0 Å². The number of hydrogen-bond donors (Lipinski definition) is 0. The SMILES string of the molecule is Cc1ccc(COC(=O)c2ccccc2Cl)cc1. The fourth-order valence-corrected chi connectivity index (χ4v) is 1.75. The maximum atomic E-state index is 11.8. The second kappa shape index (κ2) is 5.69. The number of ether oxygens (including phenoxy) is 1. The van der Waals surface area contributed by atoms with Gasteiger partial charge in [0.1, 0.15) is 6.61 Å². The summed E-state index contributed by atoms with van der Waals surface area (Å²) in [6.07, 6.45) is 0. The molecular weight excluding hydrogens is 248 g/mol. The van der Waals surface area contributed by atoms with E-state index in [0.29, 0.717) is 10.6 Å². The minimum Gasteiger partial charge on any atom is -0.457 e. The van der Waals surface area contributed by atoms with E-state index in [-0.39, 0.29) is 6.61 Å². The zero-order valence-corrected chi connectivity index (χ0v) is 10.8. The molecule has 0 aromatic heterocycles. The van der Waals surface area contributed by atoms with Gasteiger partial charge in [0.15, 0.2) is 0 Å². The second-order valence-corrected chi connectivity index (χ2v) is 4.45.